The number of carbonyl (C=O) groups excluding carboxylic acids is 1. The van der Waals surface area contributed by atoms with Crippen LogP contribution in [-0.2, 0) is 17.8 Å². The highest BCUT2D eigenvalue weighted by atomic mass is 35.5. The molecule has 0 aliphatic carbocycles. The number of amides is 1. The summed E-state index contributed by atoms with van der Waals surface area (Å²) in [6, 6.07) is 23.4. The zero-order valence-corrected chi connectivity index (χ0v) is 15.0. The van der Waals surface area contributed by atoms with E-state index in [0.29, 0.717) is 23.0 Å². The van der Waals surface area contributed by atoms with Gasteiger partial charge in [0.15, 0.2) is 0 Å². The van der Waals surface area contributed by atoms with Crippen LogP contribution in [0.5, 0.6) is 0 Å². The second-order valence-electron chi connectivity index (χ2n) is 5.75. The second-order valence-corrected chi connectivity index (χ2v) is 6.60. The smallest absolute Gasteiger partial charge is 0.224 e. The molecule has 4 heteroatoms. The van der Waals surface area contributed by atoms with Gasteiger partial charge in [0, 0.05) is 16.6 Å². The fourth-order valence-corrected chi connectivity index (χ4v) is 3.03. The van der Waals surface area contributed by atoms with Gasteiger partial charge in [-0.05, 0) is 34.4 Å². The maximum atomic E-state index is 12.1. The first-order valence-electron chi connectivity index (χ1n) is 7.97. The number of hydrogen-bond donors (Lipinski definition) is 1. The Bertz CT molecular complexity index is 861. The van der Waals surface area contributed by atoms with E-state index in [2.05, 4.69) is 17.4 Å². The SMILES string of the molecule is O=C(Cc1ccc(-c2ccccc2)cc1)NCc1ccc(Cl)cc1Cl. The molecule has 2 nitrogen and oxygen atoms in total. The van der Waals surface area contributed by atoms with Gasteiger partial charge in [0.05, 0.1) is 6.42 Å². The van der Waals surface area contributed by atoms with Gasteiger partial charge < -0.3 is 5.32 Å². The molecule has 0 saturated heterocycles. The Balaban J connectivity index is 1.57. The third kappa shape index (κ3) is 4.85. The van der Waals surface area contributed by atoms with Crippen LogP contribution in [0.1, 0.15) is 11.1 Å². The fourth-order valence-electron chi connectivity index (χ4n) is 2.55. The van der Waals surface area contributed by atoms with Crippen molar-refractivity contribution in [1.29, 1.82) is 0 Å². The Kier molecular flexibility index (Phi) is 5.75. The Labute approximate surface area is 157 Å². The standard InChI is InChI=1S/C21H17Cl2NO/c22-19-11-10-18(20(23)13-19)14-24-21(25)12-15-6-8-17(9-7-15)16-4-2-1-3-5-16/h1-11,13H,12,14H2,(H,24,25). The normalized spacial score (nSPS) is 10.5. The molecule has 0 atom stereocenters. The molecule has 0 saturated carbocycles. The van der Waals surface area contributed by atoms with E-state index in [0.717, 1.165) is 22.3 Å². The molecule has 0 unspecified atom stereocenters. The lowest BCUT2D eigenvalue weighted by atomic mass is 10.0. The van der Waals surface area contributed by atoms with Crippen LogP contribution in [0.2, 0.25) is 10.0 Å². The van der Waals surface area contributed by atoms with E-state index in [1.807, 2.05) is 48.5 Å². The molecule has 3 aromatic rings. The molecule has 126 valence electrons. The highest BCUT2D eigenvalue weighted by molar-refractivity contribution is 6.35. The molecule has 1 N–H and O–H groups in total. The van der Waals surface area contributed by atoms with Crippen LogP contribution in [-0.4, -0.2) is 5.91 Å². The van der Waals surface area contributed by atoms with Crippen molar-refractivity contribution in [3.05, 3.63) is 94.0 Å². The van der Waals surface area contributed by atoms with Crippen LogP contribution in [0.4, 0.5) is 0 Å². The van der Waals surface area contributed by atoms with Gasteiger partial charge in [0.2, 0.25) is 5.91 Å². The van der Waals surface area contributed by atoms with Crippen molar-refractivity contribution >= 4 is 29.1 Å². The molecule has 0 aliphatic heterocycles. The molecule has 25 heavy (non-hydrogen) atoms. The van der Waals surface area contributed by atoms with Crippen LogP contribution in [0.15, 0.2) is 72.8 Å². The van der Waals surface area contributed by atoms with E-state index in [9.17, 15) is 4.79 Å². The zero-order chi connectivity index (χ0) is 17.6. The molecule has 3 aromatic carbocycles. The minimum atomic E-state index is -0.0431. The molecule has 0 aromatic heterocycles. The molecule has 1 amide bonds. The van der Waals surface area contributed by atoms with E-state index in [-0.39, 0.29) is 5.91 Å². The van der Waals surface area contributed by atoms with Crippen molar-refractivity contribution in [2.24, 2.45) is 0 Å². The lowest BCUT2D eigenvalue weighted by Gasteiger charge is -2.08. The number of rotatable bonds is 5. The molecule has 0 radical (unpaired) electrons. The number of nitrogens with one attached hydrogen (secondary N) is 1. The van der Waals surface area contributed by atoms with Crippen molar-refractivity contribution in [2.75, 3.05) is 0 Å². The minimum absolute atomic E-state index is 0.0431. The summed E-state index contributed by atoms with van der Waals surface area (Å²) in [5.74, 6) is -0.0431. The summed E-state index contributed by atoms with van der Waals surface area (Å²) in [7, 11) is 0. The van der Waals surface area contributed by atoms with Crippen molar-refractivity contribution in [2.45, 2.75) is 13.0 Å². The highest BCUT2D eigenvalue weighted by Crippen LogP contribution is 2.21. The Morgan fingerprint density at radius 1 is 0.840 bits per heavy atom. The molecular formula is C21H17Cl2NO. The van der Waals surface area contributed by atoms with E-state index in [4.69, 9.17) is 23.2 Å². The monoisotopic (exact) mass is 369 g/mol. The van der Waals surface area contributed by atoms with Crippen LogP contribution < -0.4 is 5.32 Å². The average Bonchev–Trinajstić information content (AvgIpc) is 2.62. The van der Waals surface area contributed by atoms with E-state index < -0.39 is 0 Å². The van der Waals surface area contributed by atoms with E-state index >= 15 is 0 Å². The average molecular weight is 370 g/mol. The topological polar surface area (TPSA) is 29.1 Å². The summed E-state index contributed by atoms with van der Waals surface area (Å²) in [6.07, 6.45) is 0.334. The van der Waals surface area contributed by atoms with Gasteiger partial charge in [-0.3, -0.25) is 4.79 Å². The molecule has 0 spiro atoms. The quantitative estimate of drug-likeness (QED) is 0.630. The molecule has 0 heterocycles. The summed E-state index contributed by atoms with van der Waals surface area (Å²) in [5, 5.41) is 4.03. The maximum absolute atomic E-state index is 12.1. The zero-order valence-electron chi connectivity index (χ0n) is 13.5. The van der Waals surface area contributed by atoms with Gasteiger partial charge in [0.1, 0.15) is 0 Å². The van der Waals surface area contributed by atoms with Gasteiger partial charge in [-0.2, -0.15) is 0 Å². The first-order valence-corrected chi connectivity index (χ1v) is 8.72. The van der Waals surface area contributed by atoms with Gasteiger partial charge >= 0.3 is 0 Å². The van der Waals surface area contributed by atoms with Crippen molar-refractivity contribution in [3.63, 3.8) is 0 Å². The van der Waals surface area contributed by atoms with Gasteiger partial charge in [0.25, 0.3) is 0 Å². The number of carbonyl (C=O) groups is 1. The minimum Gasteiger partial charge on any atom is -0.352 e. The highest BCUT2D eigenvalue weighted by Gasteiger charge is 2.06. The number of halogens is 2. The molecule has 0 bridgehead atoms. The van der Waals surface area contributed by atoms with Crippen LogP contribution in [0.3, 0.4) is 0 Å². The number of hydrogen-bond acceptors (Lipinski definition) is 1. The lowest BCUT2D eigenvalue weighted by Crippen LogP contribution is -2.24. The summed E-state index contributed by atoms with van der Waals surface area (Å²) in [4.78, 5) is 12.1. The van der Waals surface area contributed by atoms with Crippen molar-refractivity contribution in [1.82, 2.24) is 5.32 Å². The van der Waals surface area contributed by atoms with Crippen molar-refractivity contribution in [3.8, 4) is 11.1 Å². The van der Waals surface area contributed by atoms with Crippen molar-refractivity contribution < 1.29 is 4.79 Å². The van der Waals surface area contributed by atoms with Crippen LogP contribution in [0, 0.1) is 0 Å². The summed E-state index contributed by atoms with van der Waals surface area (Å²) < 4.78 is 0. The Hall–Kier alpha value is -2.29. The first-order chi connectivity index (χ1) is 12.1. The second kappa shape index (κ2) is 8.19. The van der Waals surface area contributed by atoms with Crippen LogP contribution >= 0.6 is 23.2 Å². The third-order valence-electron chi connectivity index (χ3n) is 3.92. The van der Waals surface area contributed by atoms with Gasteiger partial charge in [-0.25, -0.2) is 0 Å². The Morgan fingerprint density at radius 2 is 1.52 bits per heavy atom. The third-order valence-corrected chi connectivity index (χ3v) is 4.50. The maximum Gasteiger partial charge on any atom is 0.224 e. The summed E-state index contributed by atoms with van der Waals surface area (Å²) in [5.41, 5.74) is 4.12. The molecule has 3 rings (SSSR count). The Morgan fingerprint density at radius 3 is 2.20 bits per heavy atom. The number of benzene rings is 3. The predicted octanol–water partition coefficient (Wildman–Crippen LogP) is 5.52. The predicted molar refractivity (Wildman–Crippen MR) is 104 cm³/mol. The van der Waals surface area contributed by atoms with Gasteiger partial charge in [-0.15, -0.1) is 0 Å². The molecular weight excluding hydrogens is 353 g/mol. The summed E-state index contributed by atoms with van der Waals surface area (Å²) >= 11 is 12.0. The summed E-state index contributed by atoms with van der Waals surface area (Å²) in [6.45, 7) is 0.386. The van der Waals surface area contributed by atoms with Crippen LogP contribution in [0.25, 0.3) is 11.1 Å². The first kappa shape index (κ1) is 17.5. The van der Waals surface area contributed by atoms with E-state index in [1.165, 1.54) is 0 Å². The van der Waals surface area contributed by atoms with E-state index in [1.54, 1.807) is 12.1 Å². The fraction of sp³-hybridized carbons (Fsp3) is 0.0952. The largest absolute Gasteiger partial charge is 0.352 e. The molecule has 0 aliphatic rings. The lowest BCUT2D eigenvalue weighted by molar-refractivity contribution is -0.120. The molecule has 0 fully saturated rings. The van der Waals surface area contributed by atoms with Gasteiger partial charge in [-0.1, -0.05) is 83.9 Å².